The molecule has 0 atom stereocenters. The first-order valence-corrected chi connectivity index (χ1v) is 6.46. The van der Waals surface area contributed by atoms with Gasteiger partial charge in [0.15, 0.2) is 5.78 Å². The first-order chi connectivity index (χ1) is 8.72. The molecule has 0 saturated heterocycles. The Labute approximate surface area is 111 Å². The Balaban J connectivity index is 1.96. The first-order valence-electron chi connectivity index (χ1n) is 6.08. The van der Waals surface area contributed by atoms with Crippen molar-refractivity contribution in [3.8, 4) is 0 Å². The molecule has 18 heavy (non-hydrogen) atoms. The number of carbonyl (C=O) groups excluding carboxylic acids is 1. The maximum atomic E-state index is 12.6. The lowest BCUT2D eigenvalue weighted by molar-refractivity contribution is 0.0946. The highest BCUT2D eigenvalue weighted by molar-refractivity contribution is 6.30. The van der Waals surface area contributed by atoms with Crippen LogP contribution in [0.1, 0.15) is 28.8 Å². The van der Waals surface area contributed by atoms with Gasteiger partial charge in [-0.25, -0.2) is 0 Å². The summed E-state index contributed by atoms with van der Waals surface area (Å²) in [7, 11) is 0. The summed E-state index contributed by atoms with van der Waals surface area (Å²) >= 11 is 5.85. The van der Waals surface area contributed by atoms with E-state index < -0.39 is 0 Å². The molecule has 1 aliphatic rings. The van der Waals surface area contributed by atoms with Crippen molar-refractivity contribution >= 4 is 17.4 Å². The van der Waals surface area contributed by atoms with E-state index in [0.29, 0.717) is 5.02 Å². The van der Waals surface area contributed by atoms with Gasteiger partial charge in [0.25, 0.3) is 0 Å². The standard InChI is InChI=1S/C16H13ClO/c17-14-8-6-12(7-9-14)15(18)16(10-11-16)13-4-2-1-3-5-13/h1-9H,10-11H2. The summed E-state index contributed by atoms with van der Waals surface area (Å²) < 4.78 is 0. The number of hydrogen-bond acceptors (Lipinski definition) is 1. The van der Waals surface area contributed by atoms with Crippen LogP contribution in [0.2, 0.25) is 5.02 Å². The minimum Gasteiger partial charge on any atom is -0.293 e. The van der Waals surface area contributed by atoms with Gasteiger partial charge in [0.1, 0.15) is 0 Å². The molecule has 0 N–H and O–H groups in total. The Morgan fingerprint density at radius 1 is 0.944 bits per heavy atom. The topological polar surface area (TPSA) is 17.1 Å². The molecule has 2 aromatic rings. The number of carbonyl (C=O) groups is 1. The van der Waals surface area contributed by atoms with E-state index in [-0.39, 0.29) is 11.2 Å². The molecule has 0 spiro atoms. The van der Waals surface area contributed by atoms with E-state index >= 15 is 0 Å². The molecule has 1 nitrogen and oxygen atoms in total. The molecule has 2 aromatic carbocycles. The zero-order chi connectivity index (χ0) is 12.6. The number of hydrogen-bond donors (Lipinski definition) is 0. The molecular weight excluding hydrogens is 244 g/mol. The first kappa shape index (κ1) is 11.5. The van der Waals surface area contributed by atoms with Crippen molar-refractivity contribution in [2.45, 2.75) is 18.3 Å². The largest absolute Gasteiger partial charge is 0.293 e. The van der Waals surface area contributed by atoms with Gasteiger partial charge in [0, 0.05) is 10.6 Å². The van der Waals surface area contributed by atoms with Crippen LogP contribution < -0.4 is 0 Å². The highest BCUT2D eigenvalue weighted by Gasteiger charge is 2.50. The molecule has 1 saturated carbocycles. The number of halogens is 1. The molecule has 0 aromatic heterocycles. The van der Waals surface area contributed by atoms with Crippen LogP contribution in [-0.2, 0) is 5.41 Å². The fourth-order valence-corrected chi connectivity index (χ4v) is 2.53. The molecule has 0 heterocycles. The molecule has 0 radical (unpaired) electrons. The lowest BCUT2D eigenvalue weighted by Crippen LogP contribution is -2.20. The van der Waals surface area contributed by atoms with Gasteiger partial charge in [0.2, 0.25) is 0 Å². The number of ketones is 1. The van der Waals surface area contributed by atoms with Crippen molar-refractivity contribution in [3.05, 3.63) is 70.7 Å². The second-order valence-corrected chi connectivity index (χ2v) is 5.22. The maximum Gasteiger partial charge on any atom is 0.173 e. The van der Waals surface area contributed by atoms with Crippen molar-refractivity contribution in [2.24, 2.45) is 0 Å². The third kappa shape index (κ3) is 1.85. The minimum atomic E-state index is -0.283. The predicted octanol–water partition coefficient (Wildman–Crippen LogP) is 4.25. The Morgan fingerprint density at radius 3 is 2.11 bits per heavy atom. The molecule has 0 bridgehead atoms. The van der Waals surface area contributed by atoms with Gasteiger partial charge < -0.3 is 0 Å². The Hall–Kier alpha value is -1.60. The molecule has 1 fully saturated rings. The highest BCUT2D eigenvalue weighted by Crippen LogP contribution is 2.50. The molecule has 0 aliphatic heterocycles. The summed E-state index contributed by atoms with van der Waals surface area (Å²) in [4.78, 5) is 12.6. The second kappa shape index (κ2) is 4.25. The summed E-state index contributed by atoms with van der Waals surface area (Å²) in [5.41, 5.74) is 1.60. The van der Waals surface area contributed by atoms with Crippen LogP contribution in [0.15, 0.2) is 54.6 Å². The SMILES string of the molecule is O=C(c1ccc(Cl)cc1)C1(c2ccccc2)CC1. The quantitative estimate of drug-likeness (QED) is 0.750. The van der Waals surface area contributed by atoms with Crippen LogP contribution in [0.3, 0.4) is 0 Å². The smallest absolute Gasteiger partial charge is 0.173 e. The summed E-state index contributed by atoms with van der Waals surface area (Å²) in [6.07, 6.45) is 1.89. The minimum absolute atomic E-state index is 0.213. The monoisotopic (exact) mass is 256 g/mol. The summed E-state index contributed by atoms with van der Waals surface area (Å²) in [6, 6.07) is 17.2. The van der Waals surface area contributed by atoms with Gasteiger partial charge in [0.05, 0.1) is 5.41 Å². The van der Waals surface area contributed by atoms with E-state index in [1.807, 2.05) is 42.5 Å². The van der Waals surface area contributed by atoms with E-state index in [0.717, 1.165) is 24.0 Å². The van der Waals surface area contributed by atoms with E-state index in [2.05, 4.69) is 0 Å². The van der Waals surface area contributed by atoms with E-state index in [4.69, 9.17) is 11.6 Å². The van der Waals surface area contributed by atoms with Gasteiger partial charge in [-0.3, -0.25) is 4.79 Å². The third-order valence-electron chi connectivity index (χ3n) is 3.62. The molecular formula is C16H13ClO. The van der Waals surface area contributed by atoms with E-state index in [1.165, 1.54) is 0 Å². The van der Waals surface area contributed by atoms with Crippen LogP contribution in [0, 0.1) is 0 Å². The number of rotatable bonds is 3. The fraction of sp³-hybridized carbons (Fsp3) is 0.188. The van der Waals surface area contributed by atoms with Crippen LogP contribution in [0.4, 0.5) is 0 Å². The molecule has 1 aliphatic carbocycles. The average molecular weight is 257 g/mol. The number of Topliss-reactive ketones (excluding diaryl/α,β-unsaturated/α-hetero) is 1. The van der Waals surface area contributed by atoms with Crippen LogP contribution in [0.5, 0.6) is 0 Å². The zero-order valence-corrected chi connectivity index (χ0v) is 10.7. The maximum absolute atomic E-state index is 12.6. The summed E-state index contributed by atoms with van der Waals surface area (Å²) in [5, 5.41) is 0.663. The lowest BCUT2D eigenvalue weighted by Gasteiger charge is -2.14. The molecule has 3 rings (SSSR count). The van der Waals surface area contributed by atoms with Gasteiger partial charge in [-0.2, -0.15) is 0 Å². The summed E-state index contributed by atoms with van der Waals surface area (Å²) in [6.45, 7) is 0. The average Bonchev–Trinajstić information content (AvgIpc) is 3.21. The Morgan fingerprint density at radius 2 is 1.56 bits per heavy atom. The highest BCUT2D eigenvalue weighted by atomic mass is 35.5. The normalized spacial score (nSPS) is 16.3. The Bertz CT molecular complexity index is 568. The van der Waals surface area contributed by atoms with Gasteiger partial charge in [-0.05, 0) is 42.7 Å². The van der Waals surface area contributed by atoms with Gasteiger partial charge in [-0.1, -0.05) is 41.9 Å². The van der Waals surface area contributed by atoms with Crippen molar-refractivity contribution in [1.29, 1.82) is 0 Å². The third-order valence-corrected chi connectivity index (χ3v) is 3.87. The van der Waals surface area contributed by atoms with Crippen LogP contribution in [0.25, 0.3) is 0 Å². The van der Waals surface area contributed by atoms with Crippen molar-refractivity contribution in [2.75, 3.05) is 0 Å². The lowest BCUT2D eigenvalue weighted by atomic mass is 9.87. The zero-order valence-electron chi connectivity index (χ0n) is 9.90. The molecule has 0 amide bonds. The second-order valence-electron chi connectivity index (χ2n) is 4.78. The van der Waals surface area contributed by atoms with Crippen LogP contribution >= 0.6 is 11.6 Å². The molecule has 90 valence electrons. The van der Waals surface area contributed by atoms with Crippen molar-refractivity contribution < 1.29 is 4.79 Å². The molecule has 2 heteroatoms. The molecule has 0 unspecified atom stereocenters. The van der Waals surface area contributed by atoms with E-state index in [9.17, 15) is 4.79 Å². The van der Waals surface area contributed by atoms with E-state index in [1.54, 1.807) is 12.1 Å². The Kier molecular flexibility index (Phi) is 2.71. The van der Waals surface area contributed by atoms with Crippen molar-refractivity contribution in [3.63, 3.8) is 0 Å². The predicted molar refractivity (Wildman–Crippen MR) is 73.1 cm³/mol. The number of benzene rings is 2. The van der Waals surface area contributed by atoms with Gasteiger partial charge >= 0.3 is 0 Å². The van der Waals surface area contributed by atoms with Crippen LogP contribution in [-0.4, -0.2) is 5.78 Å². The van der Waals surface area contributed by atoms with Crippen molar-refractivity contribution in [1.82, 2.24) is 0 Å². The fourth-order valence-electron chi connectivity index (χ4n) is 2.41. The summed E-state index contributed by atoms with van der Waals surface area (Å²) in [5.74, 6) is 0.213. The van der Waals surface area contributed by atoms with Gasteiger partial charge in [-0.15, -0.1) is 0 Å².